The van der Waals surface area contributed by atoms with E-state index in [1.165, 1.54) is 32.1 Å². The summed E-state index contributed by atoms with van der Waals surface area (Å²) in [4.78, 5) is 0. The standard InChI is InChI=1S/C13H24N2OS/c14-15-12(13-8-4-5-9-16-13)10-17-11-6-2-1-3-7-11/h8,11-12,15H,1-7,9-10,14H2. The van der Waals surface area contributed by atoms with Crippen molar-refractivity contribution in [2.24, 2.45) is 5.84 Å². The highest BCUT2D eigenvalue weighted by Crippen LogP contribution is 2.29. The van der Waals surface area contributed by atoms with Crippen LogP contribution in [0.15, 0.2) is 11.8 Å². The van der Waals surface area contributed by atoms with Gasteiger partial charge in [0.25, 0.3) is 0 Å². The normalized spacial score (nSPS) is 23.9. The van der Waals surface area contributed by atoms with Crippen molar-refractivity contribution in [1.29, 1.82) is 0 Å². The lowest BCUT2D eigenvalue weighted by Gasteiger charge is -2.26. The van der Waals surface area contributed by atoms with E-state index in [1.807, 2.05) is 0 Å². The maximum absolute atomic E-state index is 5.68. The van der Waals surface area contributed by atoms with Crippen molar-refractivity contribution in [3.8, 4) is 0 Å². The minimum atomic E-state index is 0.197. The van der Waals surface area contributed by atoms with E-state index < -0.39 is 0 Å². The molecule has 2 rings (SSSR count). The van der Waals surface area contributed by atoms with Gasteiger partial charge in [-0.15, -0.1) is 0 Å². The Bertz CT molecular complexity index is 252. The molecule has 3 N–H and O–H groups in total. The van der Waals surface area contributed by atoms with Crippen LogP contribution >= 0.6 is 11.8 Å². The van der Waals surface area contributed by atoms with Gasteiger partial charge in [-0.2, -0.15) is 11.8 Å². The van der Waals surface area contributed by atoms with Gasteiger partial charge < -0.3 is 4.74 Å². The number of hydrazine groups is 1. The molecule has 1 heterocycles. The number of thioether (sulfide) groups is 1. The van der Waals surface area contributed by atoms with E-state index >= 15 is 0 Å². The van der Waals surface area contributed by atoms with Crippen LogP contribution < -0.4 is 11.3 Å². The number of nitrogens with one attached hydrogen (secondary N) is 1. The quantitative estimate of drug-likeness (QED) is 0.586. The van der Waals surface area contributed by atoms with Crippen molar-refractivity contribution >= 4 is 11.8 Å². The molecule has 1 aliphatic carbocycles. The molecule has 1 saturated carbocycles. The second kappa shape index (κ2) is 7.29. The van der Waals surface area contributed by atoms with Crippen LogP contribution in [0.3, 0.4) is 0 Å². The number of ether oxygens (including phenoxy) is 1. The van der Waals surface area contributed by atoms with Crippen molar-refractivity contribution in [3.05, 3.63) is 11.8 Å². The average Bonchev–Trinajstić information content (AvgIpc) is 2.42. The molecule has 0 aromatic carbocycles. The Labute approximate surface area is 109 Å². The van der Waals surface area contributed by atoms with Gasteiger partial charge in [0.2, 0.25) is 0 Å². The first kappa shape index (κ1) is 13.2. The molecule has 0 amide bonds. The fourth-order valence-corrected chi connectivity index (χ4v) is 3.89. The monoisotopic (exact) mass is 256 g/mol. The third kappa shape index (κ3) is 4.19. The second-order valence-corrected chi connectivity index (χ2v) is 6.24. The highest BCUT2D eigenvalue weighted by Gasteiger charge is 2.20. The zero-order valence-electron chi connectivity index (χ0n) is 10.5. The summed E-state index contributed by atoms with van der Waals surface area (Å²) >= 11 is 2.06. The summed E-state index contributed by atoms with van der Waals surface area (Å²) in [7, 11) is 0. The molecular formula is C13H24N2OS. The van der Waals surface area contributed by atoms with E-state index in [2.05, 4.69) is 23.3 Å². The summed E-state index contributed by atoms with van der Waals surface area (Å²) in [5.41, 5.74) is 2.90. The Morgan fingerprint density at radius 2 is 2.18 bits per heavy atom. The van der Waals surface area contributed by atoms with Crippen LogP contribution in [-0.2, 0) is 4.74 Å². The SMILES string of the molecule is NNC(CSC1CCCCC1)C1=CCCCO1. The smallest absolute Gasteiger partial charge is 0.111 e. The Balaban J connectivity index is 1.76. The van der Waals surface area contributed by atoms with E-state index in [1.54, 1.807) is 0 Å². The topological polar surface area (TPSA) is 47.3 Å². The number of hydrogen-bond donors (Lipinski definition) is 2. The molecule has 1 atom stereocenters. The van der Waals surface area contributed by atoms with E-state index in [4.69, 9.17) is 10.6 Å². The highest BCUT2D eigenvalue weighted by molar-refractivity contribution is 7.99. The number of hydrogen-bond acceptors (Lipinski definition) is 4. The minimum absolute atomic E-state index is 0.197. The van der Waals surface area contributed by atoms with Crippen molar-refractivity contribution in [2.75, 3.05) is 12.4 Å². The summed E-state index contributed by atoms with van der Waals surface area (Å²) in [5.74, 6) is 7.73. The van der Waals surface area contributed by atoms with Gasteiger partial charge in [0.15, 0.2) is 0 Å². The molecule has 2 aliphatic rings. The second-order valence-electron chi connectivity index (χ2n) is 4.91. The molecule has 1 fully saturated rings. The van der Waals surface area contributed by atoms with Crippen molar-refractivity contribution < 1.29 is 4.74 Å². The third-order valence-corrected chi connectivity index (χ3v) is 5.03. The largest absolute Gasteiger partial charge is 0.497 e. The lowest BCUT2D eigenvalue weighted by atomic mass is 10.0. The molecule has 1 unspecified atom stereocenters. The fourth-order valence-electron chi connectivity index (χ4n) is 2.50. The zero-order valence-corrected chi connectivity index (χ0v) is 11.3. The molecule has 98 valence electrons. The van der Waals surface area contributed by atoms with E-state index in [0.717, 1.165) is 36.2 Å². The van der Waals surface area contributed by atoms with Gasteiger partial charge in [-0.05, 0) is 31.8 Å². The first-order valence-electron chi connectivity index (χ1n) is 6.80. The van der Waals surface area contributed by atoms with Crippen LogP contribution in [0.2, 0.25) is 0 Å². The highest BCUT2D eigenvalue weighted by atomic mass is 32.2. The predicted molar refractivity (Wildman–Crippen MR) is 73.7 cm³/mol. The van der Waals surface area contributed by atoms with Gasteiger partial charge >= 0.3 is 0 Å². The van der Waals surface area contributed by atoms with Gasteiger partial charge in [-0.3, -0.25) is 5.84 Å². The number of allylic oxidation sites excluding steroid dienone is 1. The molecule has 0 aromatic rings. The summed E-state index contributed by atoms with van der Waals surface area (Å²) < 4.78 is 5.68. The molecule has 0 aromatic heterocycles. The maximum atomic E-state index is 5.68. The maximum Gasteiger partial charge on any atom is 0.111 e. The molecule has 0 radical (unpaired) electrons. The van der Waals surface area contributed by atoms with Gasteiger partial charge in [-0.1, -0.05) is 19.3 Å². The predicted octanol–water partition coefficient (Wildman–Crippen LogP) is 2.58. The Morgan fingerprint density at radius 1 is 1.35 bits per heavy atom. The van der Waals surface area contributed by atoms with E-state index in [0.29, 0.717) is 0 Å². The Morgan fingerprint density at radius 3 is 2.82 bits per heavy atom. The zero-order chi connectivity index (χ0) is 11.9. The Hall–Kier alpha value is -0.190. The van der Waals surface area contributed by atoms with Crippen LogP contribution in [-0.4, -0.2) is 23.7 Å². The molecule has 0 spiro atoms. The van der Waals surface area contributed by atoms with Crippen LogP contribution in [0.1, 0.15) is 44.9 Å². The average molecular weight is 256 g/mol. The van der Waals surface area contributed by atoms with Crippen molar-refractivity contribution in [2.45, 2.75) is 56.2 Å². The van der Waals surface area contributed by atoms with Crippen LogP contribution in [0.25, 0.3) is 0 Å². The van der Waals surface area contributed by atoms with Crippen molar-refractivity contribution in [1.82, 2.24) is 5.43 Å². The summed E-state index contributed by atoms with van der Waals surface area (Å²) in [5, 5.41) is 0.837. The van der Waals surface area contributed by atoms with Crippen LogP contribution in [0.4, 0.5) is 0 Å². The summed E-state index contributed by atoms with van der Waals surface area (Å²) in [6.45, 7) is 0.845. The number of rotatable bonds is 5. The Kier molecular flexibility index (Phi) is 5.68. The lowest BCUT2D eigenvalue weighted by molar-refractivity contribution is 0.172. The van der Waals surface area contributed by atoms with Gasteiger partial charge in [0.05, 0.1) is 12.6 Å². The van der Waals surface area contributed by atoms with E-state index in [-0.39, 0.29) is 6.04 Å². The molecular weight excluding hydrogens is 232 g/mol. The third-order valence-electron chi connectivity index (χ3n) is 3.56. The summed E-state index contributed by atoms with van der Waals surface area (Å²) in [6.07, 6.45) is 11.4. The number of nitrogens with two attached hydrogens (primary N) is 1. The van der Waals surface area contributed by atoms with E-state index in [9.17, 15) is 0 Å². The van der Waals surface area contributed by atoms with Crippen LogP contribution in [0.5, 0.6) is 0 Å². The molecule has 4 heteroatoms. The fraction of sp³-hybridized carbons (Fsp3) is 0.846. The molecule has 0 saturated heterocycles. The molecule has 3 nitrogen and oxygen atoms in total. The van der Waals surface area contributed by atoms with Crippen molar-refractivity contribution in [3.63, 3.8) is 0 Å². The van der Waals surface area contributed by atoms with Crippen LogP contribution in [0, 0.1) is 0 Å². The van der Waals surface area contributed by atoms with Gasteiger partial charge in [-0.25, -0.2) is 5.43 Å². The first-order valence-corrected chi connectivity index (χ1v) is 7.85. The van der Waals surface area contributed by atoms with Gasteiger partial charge in [0, 0.05) is 11.0 Å². The molecule has 1 aliphatic heterocycles. The lowest BCUT2D eigenvalue weighted by Crippen LogP contribution is -2.40. The first-order chi connectivity index (χ1) is 8.40. The van der Waals surface area contributed by atoms with Gasteiger partial charge in [0.1, 0.15) is 5.76 Å². The summed E-state index contributed by atoms with van der Waals surface area (Å²) in [6, 6.07) is 0.197. The molecule has 17 heavy (non-hydrogen) atoms. The molecule has 0 bridgehead atoms. The minimum Gasteiger partial charge on any atom is -0.497 e.